The third kappa shape index (κ3) is 6.85. The molecule has 7 heteroatoms. The summed E-state index contributed by atoms with van der Waals surface area (Å²) in [5.74, 6) is -0.994. The number of amides is 2. The molecule has 0 atom stereocenters. The minimum atomic E-state index is -0.323. The zero-order valence-corrected chi connectivity index (χ0v) is 22.0. The maximum atomic E-state index is 14.0. The highest BCUT2D eigenvalue weighted by Gasteiger charge is 2.31. The van der Waals surface area contributed by atoms with E-state index in [9.17, 15) is 18.4 Å². The molecule has 0 aliphatic carbocycles. The van der Waals surface area contributed by atoms with Gasteiger partial charge in [0.05, 0.1) is 13.1 Å². The summed E-state index contributed by atoms with van der Waals surface area (Å²) >= 11 is 0. The summed E-state index contributed by atoms with van der Waals surface area (Å²) in [6.07, 6.45) is 4.92. The number of hydrogen-bond acceptors (Lipinski definition) is 4. The van der Waals surface area contributed by atoms with Crippen molar-refractivity contribution in [1.82, 2.24) is 14.7 Å². The van der Waals surface area contributed by atoms with E-state index in [-0.39, 0.29) is 43.1 Å². The molecule has 0 spiro atoms. The molecule has 2 aliphatic heterocycles. The molecular weight excluding hydrogens is 496 g/mol. The lowest BCUT2D eigenvalue weighted by Gasteiger charge is -2.33. The molecule has 0 radical (unpaired) electrons. The fraction of sp³-hybridized carbons (Fsp3) is 0.312. The maximum absolute atomic E-state index is 14.0. The lowest BCUT2D eigenvalue weighted by Crippen LogP contribution is -2.54. The van der Waals surface area contributed by atoms with Crippen molar-refractivity contribution in [2.75, 3.05) is 39.3 Å². The van der Waals surface area contributed by atoms with Crippen molar-refractivity contribution in [3.05, 3.63) is 101 Å². The number of piperazine rings is 1. The predicted octanol–water partition coefficient (Wildman–Crippen LogP) is 5.37. The number of benzene rings is 3. The van der Waals surface area contributed by atoms with E-state index in [1.54, 1.807) is 23.1 Å². The number of carbonyl (C=O) groups is 2. The standard InChI is InChI=1S/C32H33F2N3O2/c33-28-12-10-25(11-13-28)29-8-3-1-6-26(29)20-24-14-18-35(19-15-24)16-5-17-37-31(38)22-36(23-32(37)39)21-27-7-2-4-9-30(27)34/h1-4,6-13,20H,5,14-19,21-23H2. The maximum Gasteiger partial charge on any atom is 0.243 e. The Kier molecular flexibility index (Phi) is 8.59. The van der Waals surface area contributed by atoms with Crippen LogP contribution in [-0.4, -0.2) is 65.8 Å². The molecule has 2 aliphatic rings. The van der Waals surface area contributed by atoms with Crippen molar-refractivity contribution in [3.63, 3.8) is 0 Å². The van der Waals surface area contributed by atoms with Gasteiger partial charge in [-0.05, 0) is 60.7 Å². The van der Waals surface area contributed by atoms with Crippen LogP contribution in [0.3, 0.4) is 0 Å². The van der Waals surface area contributed by atoms with Gasteiger partial charge in [0.15, 0.2) is 0 Å². The Labute approximate surface area is 228 Å². The van der Waals surface area contributed by atoms with E-state index >= 15 is 0 Å². The summed E-state index contributed by atoms with van der Waals surface area (Å²) in [4.78, 5) is 30.8. The molecule has 5 nitrogen and oxygen atoms in total. The Hall–Kier alpha value is -3.68. The Balaban J connectivity index is 1.09. The van der Waals surface area contributed by atoms with Crippen LogP contribution in [0.2, 0.25) is 0 Å². The monoisotopic (exact) mass is 529 g/mol. The summed E-state index contributed by atoms with van der Waals surface area (Å²) in [5.41, 5.74) is 5.11. The van der Waals surface area contributed by atoms with Crippen LogP contribution in [-0.2, 0) is 16.1 Å². The Morgan fingerprint density at radius 1 is 0.744 bits per heavy atom. The van der Waals surface area contributed by atoms with E-state index in [2.05, 4.69) is 23.1 Å². The molecule has 0 saturated carbocycles. The van der Waals surface area contributed by atoms with Crippen LogP contribution < -0.4 is 0 Å². The first kappa shape index (κ1) is 26.9. The number of hydrogen-bond donors (Lipinski definition) is 0. The van der Waals surface area contributed by atoms with Gasteiger partial charge in [0.2, 0.25) is 11.8 Å². The fourth-order valence-electron chi connectivity index (χ4n) is 5.37. The summed E-state index contributed by atoms with van der Waals surface area (Å²) in [5, 5.41) is 0. The van der Waals surface area contributed by atoms with Crippen molar-refractivity contribution in [1.29, 1.82) is 0 Å². The summed E-state index contributed by atoms with van der Waals surface area (Å²) in [7, 11) is 0. The van der Waals surface area contributed by atoms with Gasteiger partial charge in [-0.15, -0.1) is 0 Å². The molecule has 2 amide bonds. The molecule has 5 rings (SSSR count). The molecule has 0 unspecified atom stereocenters. The molecule has 202 valence electrons. The van der Waals surface area contributed by atoms with Crippen LogP contribution in [0, 0.1) is 11.6 Å². The van der Waals surface area contributed by atoms with Crippen LogP contribution in [0.25, 0.3) is 17.2 Å². The van der Waals surface area contributed by atoms with Crippen LogP contribution >= 0.6 is 0 Å². The minimum Gasteiger partial charge on any atom is -0.303 e. The van der Waals surface area contributed by atoms with Crippen LogP contribution in [0.4, 0.5) is 8.78 Å². The number of imide groups is 1. The highest BCUT2D eigenvalue weighted by molar-refractivity contribution is 5.99. The predicted molar refractivity (Wildman–Crippen MR) is 149 cm³/mol. The average Bonchev–Trinajstić information content (AvgIpc) is 2.93. The normalized spacial score (nSPS) is 17.1. The topological polar surface area (TPSA) is 43.9 Å². The van der Waals surface area contributed by atoms with Gasteiger partial charge < -0.3 is 4.90 Å². The molecule has 0 N–H and O–H groups in total. The second-order valence-electron chi connectivity index (χ2n) is 10.3. The zero-order chi connectivity index (χ0) is 27.2. The van der Waals surface area contributed by atoms with Crippen LogP contribution in [0.1, 0.15) is 30.4 Å². The molecule has 3 aromatic rings. The zero-order valence-electron chi connectivity index (χ0n) is 22.0. The number of halogens is 2. The Morgan fingerprint density at radius 3 is 2.13 bits per heavy atom. The van der Waals surface area contributed by atoms with Crippen molar-refractivity contribution in [3.8, 4) is 11.1 Å². The first-order valence-electron chi connectivity index (χ1n) is 13.5. The largest absolute Gasteiger partial charge is 0.303 e. The molecular formula is C32H33F2N3O2. The van der Waals surface area contributed by atoms with Crippen molar-refractivity contribution in [2.24, 2.45) is 0 Å². The van der Waals surface area contributed by atoms with Crippen LogP contribution in [0.15, 0.2) is 78.4 Å². The molecule has 0 aromatic heterocycles. The van der Waals surface area contributed by atoms with Gasteiger partial charge in [-0.1, -0.05) is 66.2 Å². The van der Waals surface area contributed by atoms with E-state index in [4.69, 9.17) is 0 Å². The van der Waals surface area contributed by atoms with Crippen LogP contribution in [0.5, 0.6) is 0 Å². The lowest BCUT2D eigenvalue weighted by molar-refractivity contribution is -0.151. The highest BCUT2D eigenvalue weighted by atomic mass is 19.1. The van der Waals surface area contributed by atoms with Gasteiger partial charge in [0, 0.05) is 31.7 Å². The molecule has 0 bridgehead atoms. The second-order valence-corrected chi connectivity index (χ2v) is 10.3. The van der Waals surface area contributed by atoms with Gasteiger partial charge in [0.25, 0.3) is 0 Å². The van der Waals surface area contributed by atoms with E-state index < -0.39 is 0 Å². The van der Waals surface area contributed by atoms with Crippen molar-refractivity contribution in [2.45, 2.75) is 25.8 Å². The van der Waals surface area contributed by atoms with Gasteiger partial charge in [-0.3, -0.25) is 19.4 Å². The van der Waals surface area contributed by atoms with Gasteiger partial charge in [-0.2, -0.15) is 0 Å². The number of piperidine rings is 1. The number of rotatable bonds is 8. The Bertz CT molecular complexity index is 1330. The number of likely N-dealkylation sites (tertiary alicyclic amines) is 1. The Morgan fingerprint density at radius 2 is 1.41 bits per heavy atom. The average molecular weight is 530 g/mol. The lowest BCUT2D eigenvalue weighted by atomic mass is 9.95. The van der Waals surface area contributed by atoms with Gasteiger partial charge in [-0.25, -0.2) is 8.78 Å². The quantitative estimate of drug-likeness (QED) is 0.368. The van der Waals surface area contributed by atoms with E-state index in [0.29, 0.717) is 12.1 Å². The van der Waals surface area contributed by atoms with E-state index in [1.165, 1.54) is 28.7 Å². The molecule has 3 aromatic carbocycles. The van der Waals surface area contributed by atoms with Gasteiger partial charge in [0.1, 0.15) is 11.6 Å². The minimum absolute atomic E-state index is 0.122. The molecule has 2 heterocycles. The summed E-state index contributed by atoms with van der Waals surface area (Å²) in [6.45, 7) is 3.60. The van der Waals surface area contributed by atoms with Crippen molar-refractivity contribution < 1.29 is 18.4 Å². The molecule has 39 heavy (non-hydrogen) atoms. The van der Waals surface area contributed by atoms with E-state index in [1.807, 2.05) is 24.3 Å². The molecule has 2 saturated heterocycles. The second kappa shape index (κ2) is 12.5. The highest BCUT2D eigenvalue weighted by Crippen LogP contribution is 2.28. The SMILES string of the molecule is O=C1CN(Cc2ccccc2F)CC(=O)N1CCCN1CCC(=Cc2ccccc2-c2ccc(F)cc2)CC1. The first-order chi connectivity index (χ1) is 19.0. The van der Waals surface area contributed by atoms with E-state index in [0.717, 1.165) is 55.6 Å². The first-order valence-corrected chi connectivity index (χ1v) is 13.5. The summed E-state index contributed by atoms with van der Waals surface area (Å²) < 4.78 is 27.3. The molecule has 2 fully saturated rings. The third-order valence-corrected chi connectivity index (χ3v) is 7.50. The smallest absolute Gasteiger partial charge is 0.243 e. The number of nitrogens with zero attached hydrogens (tertiary/aromatic N) is 3. The third-order valence-electron chi connectivity index (χ3n) is 7.50. The summed E-state index contributed by atoms with van der Waals surface area (Å²) in [6, 6.07) is 21.3. The fourth-order valence-corrected chi connectivity index (χ4v) is 5.37. The number of carbonyl (C=O) groups excluding carboxylic acids is 2. The van der Waals surface area contributed by atoms with Crippen molar-refractivity contribution >= 4 is 17.9 Å². The van der Waals surface area contributed by atoms with Gasteiger partial charge >= 0.3 is 0 Å².